The Labute approximate surface area is 123 Å². The van der Waals surface area contributed by atoms with Crippen LogP contribution in [0.3, 0.4) is 0 Å². The Kier molecular flexibility index (Phi) is 3.42. The molecule has 0 bridgehead atoms. The van der Waals surface area contributed by atoms with E-state index in [0.29, 0.717) is 12.4 Å². The number of aromatic nitrogens is 2. The summed E-state index contributed by atoms with van der Waals surface area (Å²) in [5, 5.41) is 1.01. The van der Waals surface area contributed by atoms with Crippen molar-refractivity contribution in [1.29, 1.82) is 0 Å². The van der Waals surface area contributed by atoms with Crippen molar-refractivity contribution in [3.63, 3.8) is 0 Å². The van der Waals surface area contributed by atoms with Crippen LogP contribution in [0.4, 0.5) is 5.82 Å². The number of anilines is 1. The van der Waals surface area contributed by atoms with Gasteiger partial charge >= 0.3 is 0 Å². The lowest BCUT2D eigenvalue weighted by Crippen LogP contribution is -2.29. The molecule has 0 atom stereocenters. The second-order valence-corrected chi connectivity index (χ2v) is 6.73. The largest absolute Gasteiger partial charge is 0.383 e. The maximum atomic E-state index is 6.19. The molecule has 2 heterocycles. The summed E-state index contributed by atoms with van der Waals surface area (Å²) >= 11 is 1.70. The molecule has 0 radical (unpaired) electrons. The minimum absolute atomic E-state index is 0.317. The van der Waals surface area contributed by atoms with Gasteiger partial charge in [-0.25, -0.2) is 9.97 Å². The smallest absolute Gasteiger partial charge is 0.164 e. The van der Waals surface area contributed by atoms with Crippen molar-refractivity contribution in [2.45, 2.75) is 52.1 Å². The third-order valence-electron chi connectivity index (χ3n) is 4.30. The number of aryl methyl sites for hydroxylation is 2. The summed E-state index contributed by atoms with van der Waals surface area (Å²) in [6.07, 6.45) is 4.33. The predicted molar refractivity (Wildman–Crippen MR) is 83.1 cm³/mol. The maximum absolute atomic E-state index is 6.19. The fourth-order valence-corrected chi connectivity index (χ4v) is 4.18. The molecule has 0 aliphatic heterocycles. The van der Waals surface area contributed by atoms with E-state index in [9.17, 15) is 0 Å². The average Bonchev–Trinajstić information content (AvgIpc) is 2.97. The van der Waals surface area contributed by atoms with E-state index in [1.165, 1.54) is 23.3 Å². The van der Waals surface area contributed by atoms with E-state index < -0.39 is 0 Å². The van der Waals surface area contributed by atoms with Crippen LogP contribution >= 0.6 is 11.3 Å². The van der Waals surface area contributed by atoms with Gasteiger partial charge in [0.15, 0.2) is 5.82 Å². The van der Waals surface area contributed by atoms with Gasteiger partial charge in [0.1, 0.15) is 16.2 Å². The molecule has 0 spiro atoms. The van der Waals surface area contributed by atoms with Gasteiger partial charge in [-0.15, -0.1) is 11.3 Å². The second-order valence-electron chi connectivity index (χ2n) is 5.53. The summed E-state index contributed by atoms with van der Waals surface area (Å²) in [6.45, 7) is 6.90. The summed E-state index contributed by atoms with van der Waals surface area (Å²) in [7, 11) is 0. The van der Waals surface area contributed by atoms with Crippen LogP contribution < -0.4 is 5.73 Å². The molecule has 4 nitrogen and oxygen atoms in total. The van der Waals surface area contributed by atoms with Crippen LogP contribution in [-0.4, -0.2) is 16.6 Å². The lowest BCUT2D eigenvalue weighted by atomic mass is 10.0. The summed E-state index contributed by atoms with van der Waals surface area (Å²) in [6, 6.07) is 0. The van der Waals surface area contributed by atoms with Crippen molar-refractivity contribution in [3.05, 3.63) is 16.3 Å². The summed E-state index contributed by atoms with van der Waals surface area (Å²) < 4.78 is 6.04. The number of fused-ring (bicyclic) bond motifs is 1. The number of nitrogen functional groups attached to an aromatic ring is 1. The van der Waals surface area contributed by atoms with Crippen LogP contribution in [0.1, 0.15) is 48.9 Å². The molecule has 2 N–H and O–H groups in total. The SMILES string of the molecule is CCOC1(c2nc(N)c3c(C)c(C)sc3n2)CCCC1. The van der Waals surface area contributed by atoms with Gasteiger partial charge in [0.2, 0.25) is 0 Å². The Morgan fingerprint density at radius 3 is 2.60 bits per heavy atom. The van der Waals surface area contributed by atoms with Gasteiger partial charge in [0, 0.05) is 11.5 Å². The highest BCUT2D eigenvalue weighted by molar-refractivity contribution is 7.18. The second kappa shape index (κ2) is 4.97. The van der Waals surface area contributed by atoms with Crippen molar-refractivity contribution in [2.75, 3.05) is 12.3 Å². The van der Waals surface area contributed by atoms with E-state index in [-0.39, 0.29) is 5.60 Å². The molecule has 1 aliphatic rings. The number of thiophene rings is 1. The zero-order chi connectivity index (χ0) is 14.3. The van der Waals surface area contributed by atoms with E-state index in [1.807, 2.05) is 6.92 Å². The Bertz CT molecular complexity index is 644. The first-order chi connectivity index (χ1) is 9.57. The Balaban J connectivity index is 2.16. The van der Waals surface area contributed by atoms with Gasteiger partial charge in [-0.05, 0) is 52.0 Å². The molecular weight excluding hydrogens is 270 g/mol. The molecule has 2 aromatic heterocycles. The fourth-order valence-electron chi connectivity index (χ4n) is 3.14. The molecular formula is C15H21N3OS. The van der Waals surface area contributed by atoms with Gasteiger partial charge < -0.3 is 10.5 Å². The van der Waals surface area contributed by atoms with E-state index in [4.69, 9.17) is 15.5 Å². The third-order valence-corrected chi connectivity index (χ3v) is 5.40. The average molecular weight is 291 g/mol. The van der Waals surface area contributed by atoms with Crippen LogP contribution in [0.15, 0.2) is 0 Å². The van der Waals surface area contributed by atoms with Crippen molar-refractivity contribution < 1.29 is 4.74 Å². The Morgan fingerprint density at radius 1 is 1.25 bits per heavy atom. The van der Waals surface area contributed by atoms with Gasteiger partial charge in [-0.1, -0.05) is 0 Å². The number of nitrogens with two attached hydrogens (primary N) is 1. The van der Waals surface area contributed by atoms with Crippen LogP contribution in [0.25, 0.3) is 10.2 Å². The zero-order valence-electron chi connectivity index (χ0n) is 12.3. The Morgan fingerprint density at radius 2 is 1.95 bits per heavy atom. The maximum Gasteiger partial charge on any atom is 0.164 e. The molecule has 3 rings (SSSR count). The molecule has 1 fully saturated rings. The topological polar surface area (TPSA) is 61.0 Å². The van der Waals surface area contributed by atoms with E-state index in [2.05, 4.69) is 18.8 Å². The summed E-state index contributed by atoms with van der Waals surface area (Å²) in [5.74, 6) is 1.38. The molecule has 0 unspecified atom stereocenters. The molecule has 1 saturated carbocycles. The minimum Gasteiger partial charge on any atom is -0.383 e. The lowest BCUT2D eigenvalue weighted by molar-refractivity contribution is -0.0453. The first-order valence-corrected chi connectivity index (χ1v) is 8.06. The molecule has 0 saturated heterocycles. The fraction of sp³-hybridized carbons (Fsp3) is 0.600. The minimum atomic E-state index is -0.317. The molecule has 5 heteroatoms. The lowest BCUT2D eigenvalue weighted by Gasteiger charge is -2.27. The number of ether oxygens (including phenoxy) is 1. The van der Waals surface area contributed by atoms with Crippen molar-refractivity contribution in [1.82, 2.24) is 9.97 Å². The first kappa shape index (κ1) is 13.8. The highest BCUT2D eigenvalue weighted by atomic mass is 32.1. The van der Waals surface area contributed by atoms with Crippen LogP contribution in [0.5, 0.6) is 0 Å². The molecule has 0 amide bonds. The quantitative estimate of drug-likeness (QED) is 0.936. The molecule has 0 aromatic carbocycles. The number of rotatable bonds is 3. The number of hydrogen-bond donors (Lipinski definition) is 1. The Hall–Kier alpha value is -1.20. The van der Waals surface area contributed by atoms with E-state index >= 15 is 0 Å². The molecule has 108 valence electrons. The van der Waals surface area contributed by atoms with Gasteiger partial charge in [0.25, 0.3) is 0 Å². The van der Waals surface area contributed by atoms with Crippen molar-refractivity contribution in [2.24, 2.45) is 0 Å². The van der Waals surface area contributed by atoms with E-state index in [1.54, 1.807) is 11.3 Å². The van der Waals surface area contributed by atoms with Crippen LogP contribution in [0.2, 0.25) is 0 Å². The van der Waals surface area contributed by atoms with Gasteiger partial charge in [-0.3, -0.25) is 0 Å². The first-order valence-electron chi connectivity index (χ1n) is 7.25. The molecule has 20 heavy (non-hydrogen) atoms. The number of nitrogens with zero attached hydrogens (tertiary/aromatic N) is 2. The highest BCUT2D eigenvalue weighted by Gasteiger charge is 2.39. The van der Waals surface area contributed by atoms with E-state index in [0.717, 1.165) is 28.9 Å². The summed E-state index contributed by atoms with van der Waals surface area (Å²) in [4.78, 5) is 11.6. The predicted octanol–water partition coefficient (Wildman–Crippen LogP) is 3.70. The van der Waals surface area contributed by atoms with Crippen molar-refractivity contribution >= 4 is 27.4 Å². The normalized spacial score (nSPS) is 17.9. The van der Waals surface area contributed by atoms with Gasteiger partial charge in [-0.2, -0.15) is 0 Å². The van der Waals surface area contributed by atoms with Crippen molar-refractivity contribution in [3.8, 4) is 0 Å². The highest BCUT2D eigenvalue weighted by Crippen LogP contribution is 2.42. The molecule has 2 aromatic rings. The number of hydrogen-bond acceptors (Lipinski definition) is 5. The van der Waals surface area contributed by atoms with Crippen LogP contribution in [0, 0.1) is 13.8 Å². The zero-order valence-corrected chi connectivity index (χ0v) is 13.1. The van der Waals surface area contributed by atoms with Gasteiger partial charge in [0.05, 0.1) is 5.39 Å². The third kappa shape index (κ3) is 2.00. The monoisotopic (exact) mass is 291 g/mol. The standard InChI is InChI=1S/C15H21N3OS/c1-4-19-15(7-5-6-8-15)14-17-12(16)11-9(2)10(3)20-13(11)18-14/h4-8H2,1-3H3,(H2,16,17,18). The van der Waals surface area contributed by atoms with Crippen LogP contribution in [-0.2, 0) is 10.3 Å². The summed E-state index contributed by atoms with van der Waals surface area (Å²) in [5.41, 5.74) is 7.08. The molecule has 1 aliphatic carbocycles.